The molecule has 11 aliphatic rings. The Hall–Kier alpha value is -1.97. The topological polar surface area (TPSA) is 242 Å². The SMILES string of the molecule is CC(C)(C)CC1CCC(C)(O)CC1.CC(C)(C)CC1CCC(CO)CC1.CC(C)(C)CC1CCC(F)(F)CC1.CC(C)(C)CC1CCC(N)CC1.CC(C)CC1CCC(O)C1.CC(C)CC1CCC(O)CC1.CC(C)CC1CCC(OC(C)C)CC1.CC(C)CC1CCN(CCO)CC1.CC(C)CC1CCNC(=O)C1.CC(C)CN1CCCC(N)C1.CC(C)Cc1ccc(CO)cc1.CN1CCC(O)(CC(C)(C)C)CC1. The van der Waals surface area contributed by atoms with Crippen molar-refractivity contribution in [2.24, 2.45) is 139 Å². The standard InChI is InChI=1S/C13H26O.2C12H24O.C11H20F2.2C11H23NO.C11H23N.C11H16O.C10H20O.C9H20N2.C9H17NO.C9H18O/c1-10(2)9-12-5-7-13(8-6-12)14-11(3)4;1-11(2,3)9-10-5-7-12(4,13)8-6-10;1-12(2,3)8-10-4-6-11(9-13)7-5-10;1-10(2,3)8-9-4-6-11(12,13)7-5-9;1-10(2,3)9-11(13)5-7-12(4)8-6-11;1-10(2)9-11-3-5-12(6-4-11)7-8-13;1-11(2,3)8-9-4-6-10(12)7-5-9;1-9(2)7-10-3-5-11(8-12)6-4-10;1-8(2)7-9-3-5-10(11)6-4-9;1-8(2)6-11-5-3-4-9(10)7-11;1-7(2)5-8-3-4-10-9(11)6-8;1-7(2)5-8-3-4-9(10)6-8/h10-13H,5-9H2,1-4H3;10,13H,5-9H2,1-4H3;10-11,13H,4-9H2,1-3H3;9H,4-8H2,1-3H3;13H,5-9H2,1-4H3;10-11,13H,3-9H2,1-2H3;9-10H,4-8,12H2,1-3H3;3-6,9,12H,7-8H2,1-2H3;8-11H,3-7H2,1-2H3;8-9H,3-7,10H2,1-2H3;7-8H,3-6H2,1-2H3,(H,10,11);7-10H,3-6H2,1-2H3. The number of likely N-dealkylation sites (tertiary alicyclic amines) is 3. The average Bonchev–Trinajstić information content (AvgIpc) is 0.848. The molecule has 0 spiro atoms. The summed E-state index contributed by atoms with van der Waals surface area (Å²) in [5.74, 6) is 11.5. The Kier molecular flexibility index (Phi) is 72.3. The molecule has 7 aliphatic carbocycles. The van der Waals surface area contributed by atoms with Gasteiger partial charge in [-0.1, -0.05) is 238 Å². The average molecular weight is 2070 g/mol. The highest BCUT2D eigenvalue weighted by molar-refractivity contribution is 5.76. The highest BCUT2D eigenvalue weighted by Gasteiger charge is 2.39. The second kappa shape index (κ2) is 74.3. The number of alkyl halides is 2. The van der Waals surface area contributed by atoms with Crippen molar-refractivity contribution in [3.05, 3.63) is 35.4 Å². The highest BCUT2D eigenvalue weighted by Crippen LogP contribution is 2.44. The second-order valence-corrected chi connectivity index (χ2v) is 58.7. The zero-order chi connectivity index (χ0) is 111. The molecule has 4 unspecified atom stereocenters. The van der Waals surface area contributed by atoms with Gasteiger partial charge in [0, 0.05) is 77.2 Å². The molecule has 4 aliphatic heterocycles. The van der Waals surface area contributed by atoms with Crippen LogP contribution in [0.3, 0.4) is 0 Å². The number of halogens is 2. The molecule has 4 heterocycles. The van der Waals surface area contributed by atoms with E-state index in [1.54, 1.807) is 0 Å². The van der Waals surface area contributed by atoms with Gasteiger partial charge in [0.15, 0.2) is 0 Å². The highest BCUT2D eigenvalue weighted by atomic mass is 19.3. The lowest BCUT2D eigenvalue weighted by molar-refractivity contribution is -0.123. The first-order valence-corrected chi connectivity index (χ1v) is 61.3. The van der Waals surface area contributed by atoms with Gasteiger partial charge in [0.2, 0.25) is 11.8 Å². The molecule has 146 heavy (non-hydrogen) atoms. The van der Waals surface area contributed by atoms with E-state index in [2.05, 4.69) is 254 Å². The number of carbonyl (C=O) groups excluding carboxylic acids is 1. The van der Waals surface area contributed by atoms with E-state index < -0.39 is 11.5 Å². The Morgan fingerprint density at radius 3 is 1.17 bits per heavy atom. The van der Waals surface area contributed by atoms with Gasteiger partial charge in [-0.3, -0.25) is 4.79 Å². The van der Waals surface area contributed by atoms with E-state index in [-0.39, 0.29) is 54.0 Å². The van der Waals surface area contributed by atoms with Crippen molar-refractivity contribution in [3.63, 3.8) is 0 Å². The van der Waals surface area contributed by atoms with E-state index in [4.69, 9.17) is 31.5 Å². The first-order chi connectivity index (χ1) is 67.6. The molecular formula is C129H254F2N6O9. The number of nitrogens with one attached hydrogen (secondary N) is 1. The molecular weight excluding hydrogens is 1820 g/mol. The number of amides is 1. The molecule has 0 aromatic heterocycles. The van der Waals surface area contributed by atoms with E-state index >= 15 is 0 Å². The maximum atomic E-state index is 12.8. The van der Waals surface area contributed by atoms with Crippen molar-refractivity contribution in [2.75, 3.05) is 79.2 Å². The third-order valence-corrected chi connectivity index (χ3v) is 31.6. The van der Waals surface area contributed by atoms with Gasteiger partial charge in [-0.25, -0.2) is 8.78 Å². The number of hydrogen-bond acceptors (Lipinski definition) is 14. The summed E-state index contributed by atoms with van der Waals surface area (Å²) in [5.41, 5.74) is 15.3. The molecule has 7 saturated carbocycles. The molecule has 12 N–H and O–H groups in total. The molecule has 1 aromatic carbocycles. The van der Waals surface area contributed by atoms with Crippen LogP contribution in [0.15, 0.2) is 24.3 Å². The number of piperidine rings is 4. The van der Waals surface area contributed by atoms with Gasteiger partial charge in [0.25, 0.3) is 0 Å². The van der Waals surface area contributed by atoms with Crippen molar-refractivity contribution in [1.29, 1.82) is 0 Å². The molecule has 868 valence electrons. The summed E-state index contributed by atoms with van der Waals surface area (Å²) in [6.45, 7) is 82.6. The third-order valence-electron chi connectivity index (χ3n) is 31.6. The minimum absolute atomic E-state index is 0.0124. The number of aliphatic hydroxyl groups excluding tert-OH is 5. The van der Waals surface area contributed by atoms with Crippen molar-refractivity contribution < 1.29 is 54.1 Å². The third kappa shape index (κ3) is 79.9. The summed E-state index contributed by atoms with van der Waals surface area (Å²) in [7, 11) is 2.12. The molecule has 4 atom stereocenters. The van der Waals surface area contributed by atoms with E-state index in [0.717, 1.165) is 192 Å². The van der Waals surface area contributed by atoms with Crippen LogP contribution >= 0.6 is 0 Å². The largest absolute Gasteiger partial charge is 0.396 e. The summed E-state index contributed by atoms with van der Waals surface area (Å²) < 4.78 is 31.5. The van der Waals surface area contributed by atoms with E-state index in [1.807, 2.05) is 19.1 Å². The van der Waals surface area contributed by atoms with E-state index in [9.17, 15) is 34.0 Å². The molecule has 11 fully saturated rings. The van der Waals surface area contributed by atoms with Crippen LogP contribution in [0, 0.1) is 128 Å². The molecule has 4 saturated heterocycles. The van der Waals surface area contributed by atoms with Crippen LogP contribution in [-0.2, 0) is 22.6 Å². The lowest BCUT2D eigenvalue weighted by atomic mass is 9.73. The van der Waals surface area contributed by atoms with Crippen molar-refractivity contribution >= 4 is 5.91 Å². The number of aliphatic hydroxyl groups is 7. The van der Waals surface area contributed by atoms with Crippen LogP contribution in [0.4, 0.5) is 8.78 Å². The van der Waals surface area contributed by atoms with Gasteiger partial charge in [-0.15, -0.1) is 0 Å². The predicted molar refractivity (Wildman–Crippen MR) is 626 cm³/mol. The summed E-state index contributed by atoms with van der Waals surface area (Å²) in [6.07, 6.45) is 53.4. The van der Waals surface area contributed by atoms with E-state index in [1.165, 1.54) is 224 Å². The number of nitrogens with two attached hydrogens (primary N) is 2. The van der Waals surface area contributed by atoms with Crippen molar-refractivity contribution in [3.8, 4) is 0 Å². The van der Waals surface area contributed by atoms with Crippen LogP contribution in [-0.4, -0.2) is 189 Å². The van der Waals surface area contributed by atoms with E-state index in [0.29, 0.717) is 90.3 Å². The number of nitrogens with zero attached hydrogens (tertiary/aromatic N) is 3. The number of hydrogen-bond donors (Lipinski definition) is 10. The second-order valence-electron chi connectivity index (χ2n) is 58.7. The summed E-state index contributed by atoms with van der Waals surface area (Å²) in [5, 5.41) is 68.0. The molecule has 15 nitrogen and oxygen atoms in total. The van der Waals surface area contributed by atoms with Gasteiger partial charge >= 0.3 is 0 Å². The number of ether oxygens (including phenoxy) is 1. The quantitative estimate of drug-likeness (QED) is 0.0438. The van der Waals surface area contributed by atoms with Crippen molar-refractivity contribution in [2.45, 2.75) is 577 Å². The zero-order valence-corrected chi connectivity index (χ0v) is 103. The van der Waals surface area contributed by atoms with Crippen LogP contribution in [0.2, 0.25) is 0 Å². The molecule has 12 rings (SSSR count). The van der Waals surface area contributed by atoms with Gasteiger partial charge in [-0.2, -0.15) is 0 Å². The Balaban J connectivity index is 0.000000797. The van der Waals surface area contributed by atoms with Crippen LogP contribution in [0.5, 0.6) is 0 Å². The maximum Gasteiger partial charge on any atom is 0.248 e. The van der Waals surface area contributed by atoms with Gasteiger partial charge < -0.3 is 72.0 Å². The number of carbonyl (C=O) groups is 1. The first-order valence-electron chi connectivity index (χ1n) is 61.3. The Bertz CT molecular complexity index is 3170. The van der Waals surface area contributed by atoms with Crippen molar-refractivity contribution in [1.82, 2.24) is 20.0 Å². The fraction of sp³-hybridized carbons (Fsp3) is 0.946. The molecule has 1 aromatic rings. The van der Waals surface area contributed by atoms with Crippen LogP contribution < -0.4 is 16.8 Å². The Labute approximate surface area is 905 Å². The fourth-order valence-corrected chi connectivity index (χ4v) is 25.0. The molecule has 0 radical (unpaired) electrons. The fourth-order valence-electron chi connectivity index (χ4n) is 25.0. The van der Waals surface area contributed by atoms with Gasteiger partial charge in [0.1, 0.15) is 0 Å². The van der Waals surface area contributed by atoms with Gasteiger partial charge in [0.05, 0.1) is 48.8 Å². The normalized spacial score (nSPS) is 27.3. The number of benzene rings is 1. The predicted octanol–water partition coefficient (Wildman–Crippen LogP) is 31.2. The molecule has 1 amide bonds. The van der Waals surface area contributed by atoms with Crippen LogP contribution in [0.1, 0.15) is 522 Å². The first kappa shape index (κ1) is 142. The molecule has 17 heteroatoms. The lowest BCUT2D eigenvalue weighted by Gasteiger charge is -2.40. The number of rotatable bonds is 25. The van der Waals surface area contributed by atoms with Crippen LogP contribution in [0.25, 0.3) is 0 Å². The van der Waals surface area contributed by atoms with Gasteiger partial charge in [-0.05, 0) is 450 Å². The lowest BCUT2D eigenvalue weighted by Crippen LogP contribution is -2.44. The smallest absolute Gasteiger partial charge is 0.248 e. The minimum atomic E-state index is -2.37. The minimum Gasteiger partial charge on any atom is -0.396 e. The summed E-state index contributed by atoms with van der Waals surface area (Å²) in [4.78, 5) is 18.1. The monoisotopic (exact) mass is 2070 g/mol. The Morgan fingerprint density at radius 1 is 0.411 bits per heavy atom. The Morgan fingerprint density at radius 2 is 0.795 bits per heavy atom. The maximum absolute atomic E-state index is 12.8. The molecule has 0 bridgehead atoms. The summed E-state index contributed by atoms with van der Waals surface area (Å²) >= 11 is 0. The summed E-state index contributed by atoms with van der Waals surface area (Å²) in [6, 6.07) is 9.08. The zero-order valence-electron chi connectivity index (χ0n) is 103. The number of β-amino-alcohol motifs (C(OH)–C–C–N with tert-alkyl or cyclic N) is 1.